The number of para-hydroxylation sites is 1. The minimum absolute atomic E-state index is 0.225. The summed E-state index contributed by atoms with van der Waals surface area (Å²) in [7, 11) is 7.58. The molecule has 0 bridgehead atoms. The zero-order valence-corrected chi connectivity index (χ0v) is 22.6. The molecule has 10 nitrogen and oxygen atoms in total. The Balaban J connectivity index is 1.72. The number of fused-ring (bicyclic) bond motifs is 1. The van der Waals surface area contributed by atoms with E-state index in [1.165, 1.54) is 6.08 Å². The topological polar surface area (TPSA) is 91.9 Å². The van der Waals surface area contributed by atoms with E-state index in [0.29, 0.717) is 28.8 Å². The Kier molecular flexibility index (Phi) is 8.43. The lowest BCUT2D eigenvalue weighted by Gasteiger charge is -2.26. The minimum atomic E-state index is -0.317. The summed E-state index contributed by atoms with van der Waals surface area (Å²) < 4.78 is 7.62. The van der Waals surface area contributed by atoms with Crippen LogP contribution < -0.4 is 20.3 Å². The van der Waals surface area contributed by atoms with Crippen molar-refractivity contribution in [2.45, 2.75) is 6.67 Å². The second-order valence-electron chi connectivity index (χ2n) is 9.21. The maximum atomic E-state index is 12.3. The van der Waals surface area contributed by atoms with E-state index in [9.17, 15) is 4.79 Å². The van der Waals surface area contributed by atoms with Crippen LogP contribution in [0, 0.1) is 6.57 Å². The van der Waals surface area contributed by atoms with Crippen LogP contribution in [0.4, 0.5) is 23.0 Å². The number of hydrogen-bond donors (Lipinski definition) is 2. The highest BCUT2D eigenvalue weighted by Gasteiger charge is 2.17. The number of rotatable bonds is 11. The monoisotopic (exact) mass is 524 g/mol. The first-order valence-electron chi connectivity index (χ1n) is 12.4. The molecule has 2 aromatic carbocycles. The first-order chi connectivity index (χ1) is 18.8. The van der Waals surface area contributed by atoms with Crippen LogP contribution in [-0.4, -0.2) is 66.7 Å². The average molecular weight is 525 g/mol. The molecule has 2 N–H and O–H groups in total. The highest BCUT2D eigenvalue weighted by atomic mass is 16.5. The molecule has 0 radical (unpaired) electrons. The van der Waals surface area contributed by atoms with Gasteiger partial charge in [-0.15, -0.1) is 0 Å². The van der Waals surface area contributed by atoms with Crippen molar-refractivity contribution in [1.29, 1.82) is 0 Å². The molecule has 4 rings (SSSR count). The number of anilines is 4. The summed E-state index contributed by atoms with van der Waals surface area (Å²) in [6, 6.07) is 13.4. The number of nitrogens with zero attached hydrogens (tertiary/aromatic N) is 6. The number of methoxy groups -OCH3 is 1. The highest BCUT2D eigenvalue weighted by Crippen LogP contribution is 2.38. The van der Waals surface area contributed by atoms with Crippen LogP contribution in [-0.2, 0) is 11.5 Å². The van der Waals surface area contributed by atoms with Crippen LogP contribution in [0.3, 0.4) is 0 Å². The minimum Gasteiger partial charge on any atom is -0.494 e. The van der Waals surface area contributed by atoms with Crippen molar-refractivity contribution in [1.82, 2.24) is 19.4 Å². The molecule has 0 aliphatic heterocycles. The molecule has 0 aliphatic rings. The van der Waals surface area contributed by atoms with E-state index in [2.05, 4.69) is 36.8 Å². The SMILES string of the molecule is [C-]#[N+]Cn1cc(-c2ccnc(Nc3cc(NC(=O)C=C)c(N(C)CCN(C)C)cc3OC)n2)c2ccccc21. The molecule has 2 aromatic heterocycles. The third kappa shape index (κ3) is 6.17. The smallest absolute Gasteiger partial charge is 0.293 e. The molecule has 10 heteroatoms. The van der Waals surface area contributed by atoms with Crippen LogP contribution in [0.15, 0.2) is 67.5 Å². The number of ether oxygens (including phenoxy) is 1. The van der Waals surface area contributed by atoms with Gasteiger partial charge in [-0.3, -0.25) is 14.2 Å². The van der Waals surface area contributed by atoms with Crippen LogP contribution >= 0.6 is 0 Å². The number of likely N-dealkylation sites (N-methyl/N-ethyl adjacent to an activating group) is 2. The molecular formula is C29H32N8O2. The van der Waals surface area contributed by atoms with E-state index in [1.807, 2.05) is 68.3 Å². The van der Waals surface area contributed by atoms with Crippen molar-refractivity contribution >= 4 is 39.8 Å². The number of aromatic nitrogens is 3. The van der Waals surface area contributed by atoms with E-state index in [-0.39, 0.29) is 12.6 Å². The molecule has 0 fully saturated rings. The van der Waals surface area contributed by atoms with Gasteiger partial charge < -0.3 is 25.2 Å². The fraction of sp³-hybridized carbons (Fsp3) is 0.241. The van der Waals surface area contributed by atoms with Crippen molar-refractivity contribution < 1.29 is 9.53 Å². The van der Waals surface area contributed by atoms with Crippen LogP contribution in [0.5, 0.6) is 5.75 Å². The van der Waals surface area contributed by atoms with Gasteiger partial charge in [0.15, 0.2) is 0 Å². The van der Waals surface area contributed by atoms with Crippen molar-refractivity contribution in [2.75, 3.05) is 56.9 Å². The Morgan fingerprint density at radius 2 is 1.97 bits per heavy atom. The lowest BCUT2D eigenvalue weighted by molar-refractivity contribution is -0.111. The number of amides is 1. The van der Waals surface area contributed by atoms with Gasteiger partial charge in [0, 0.05) is 49.5 Å². The quantitative estimate of drug-likeness (QED) is 0.214. The van der Waals surface area contributed by atoms with Crippen LogP contribution in [0.2, 0.25) is 0 Å². The normalized spacial score (nSPS) is 10.8. The van der Waals surface area contributed by atoms with Gasteiger partial charge >= 0.3 is 0 Å². The van der Waals surface area contributed by atoms with Gasteiger partial charge in [0.1, 0.15) is 5.75 Å². The Bertz CT molecular complexity index is 1540. The van der Waals surface area contributed by atoms with E-state index in [1.54, 1.807) is 19.4 Å². The fourth-order valence-corrected chi connectivity index (χ4v) is 4.24. The first-order valence-corrected chi connectivity index (χ1v) is 12.4. The Morgan fingerprint density at radius 1 is 1.18 bits per heavy atom. The molecule has 0 spiro atoms. The van der Waals surface area contributed by atoms with Crippen LogP contribution in [0.1, 0.15) is 0 Å². The third-order valence-corrected chi connectivity index (χ3v) is 6.24. The molecule has 0 saturated heterocycles. The zero-order chi connectivity index (χ0) is 27.9. The molecule has 200 valence electrons. The lowest BCUT2D eigenvalue weighted by Crippen LogP contribution is -2.29. The molecule has 1 amide bonds. The molecule has 0 atom stereocenters. The maximum Gasteiger partial charge on any atom is 0.293 e. The lowest BCUT2D eigenvalue weighted by atomic mass is 10.1. The first kappa shape index (κ1) is 27.2. The van der Waals surface area contributed by atoms with Gasteiger partial charge in [-0.1, -0.05) is 24.8 Å². The van der Waals surface area contributed by atoms with E-state index in [0.717, 1.165) is 35.2 Å². The molecule has 39 heavy (non-hydrogen) atoms. The van der Waals surface area contributed by atoms with E-state index in [4.69, 9.17) is 16.3 Å². The molecule has 2 heterocycles. The molecular weight excluding hydrogens is 492 g/mol. The Labute approximate surface area is 228 Å². The number of nitrogens with one attached hydrogen (secondary N) is 2. The molecule has 4 aromatic rings. The summed E-state index contributed by atoms with van der Waals surface area (Å²) >= 11 is 0. The summed E-state index contributed by atoms with van der Waals surface area (Å²) in [6.07, 6.45) is 4.86. The fourth-order valence-electron chi connectivity index (χ4n) is 4.24. The predicted octanol–water partition coefficient (Wildman–Crippen LogP) is 4.85. The number of carbonyl (C=O) groups excluding carboxylic acids is 1. The molecule has 0 saturated carbocycles. The van der Waals surface area contributed by atoms with E-state index >= 15 is 0 Å². The van der Waals surface area contributed by atoms with Crippen molar-refractivity contribution in [3.63, 3.8) is 0 Å². The maximum absolute atomic E-state index is 12.3. The summed E-state index contributed by atoms with van der Waals surface area (Å²) in [6.45, 7) is 12.7. The van der Waals surface area contributed by atoms with Crippen molar-refractivity contribution in [3.05, 3.63) is 78.9 Å². The average Bonchev–Trinajstić information content (AvgIpc) is 3.30. The zero-order valence-electron chi connectivity index (χ0n) is 22.6. The van der Waals surface area contributed by atoms with Crippen molar-refractivity contribution in [2.24, 2.45) is 0 Å². The highest BCUT2D eigenvalue weighted by molar-refractivity contribution is 6.02. The second-order valence-corrected chi connectivity index (χ2v) is 9.21. The van der Waals surface area contributed by atoms with Gasteiger partial charge in [0.05, 0.1) is 35.4 Å². The number of carbonyl (C=O) groups is 1. The Hall–Kier alpha value is -4.88. The van der Waals surface area contributed by atoms with Gasteiger partial charge in [-0.05, 0) is 38.4 Å². The summed E-state index contributed by atoms with van der Waals surface area (Å²) in [5, 5.41) is 7.16. The number of benzene rings is 2. The standard InChI is InChI=1S/C29H32N8O2/c1-7-28(38)32-23-16-24(27(39-6)17-26(23)36(5)15-14-35(3)4)34-29-31-13-12-22(33-29)21-18-37(19-30-2)25-11-9-8-10-20(21)25/h7-13,16-18H,1,14-15,19H2,3-6H3,(H,32,38)(H,31,33,34). The molecule has 0 aliphatic carbocycles. The van der Waals surface area contributed by atoms with Gasteiger partial charge in [-0.25, -0.2) is 16.5 Å². The second kappa shape index (κ2) is 12.1. The van der Waals surface area contributed by atoms with E-state index < -0.39 is 0 Å². The van der Waals surface area contributed by atoms with Crippen molar-refractivity contribution in [3.8, 4) is 17.0 Å². The summed E-state index contributed by atoms with van der Waals surface area (Å²) in [4.78, 5) is 29.1. The third-order valence-electron chi connectivity index (χ3n) is 6.24. The summed E-state index contributed by atoms with van der Waals surface area (Å²) in [5.41, 5.74) is 4.58. The van der Waals surface area contributed by atoms with Crippen LogP contribution in [0.25, 0.3) is 27.0 Å². The van der Waals surface area contributed by atoms with Gasteiger partial charge in [0.25, 0.3) is 6.67 Å². The predicted molar refractivity (Wildman–Crippen MR) is 156 cm³/mol. The molecule has 0 unspecified atom stereocenters. The largest absolute Gasteiger partial charge is 0.494 e. The van der Waals surface area contributed by atoms with Gasteiger partial charge in [0.2, 0.25) is 11.9 Å². The summed E-state index contributed by atoms with van der Waals surface area (Å²) in [5.74, 6) is 0.617. The van der Waals surface area contributed by atoms with Gasteiger partial charge in [-0.2, -0.15) is 0 Å². The number of hydrogen-bond acceptors (Lipinski definition) is 7. The Morgan fingerprint density at radius 3 is 2.69 bits per heavy atom.